The predicted octanol–water partition coefficient (Wildman–Crippen LogP) is 6.52. The molecule has 2 aliphatic heterocycles. The molecule has 0 amide bonds. The number of sulfonamides is 1. The van der Waals surface area contributed by atoms with E-state index in [-0.39, 0.29) is 23.1 Å². The van der Waals surface area contributed by atoms with E-state index >= 15 is 0 Å². The summed E-state index contributed by atoms with van der Waals surface area (Å²) >= 11 is 3.45. The summed E-state index contributed by atoms with van der Waals surface area (Å²) in [6.45, 7) is 10.7. The number of nitrogens with one attached hydrogen (secondary N) is 2. The Balaban J connectivity index is 1.30. The molecule has 4 aromatic rings. The fourth-order valence-electron chi connectivity index (χ4n) is 6.81. The second kappa shape index (κ2) is 15.8. The number of hydrogen-bond donors (Lipinski definition) is 2. The van der Waals surface area contributed by atoms with Gasteiger partial charge < -0.3 is 25.2 Å². The standard InChI is InChI=1S/C35H44BrF3N10O3S/c1-6-23-19-28(30(52-35(37,38)39)20-29(23)49-13-9-24(10-14-49)48-17-15-46(4)16-18-48)44-34-42-21-25(36)33(45-34)43-27-8-7-26-31(41-12-11-40-26)32(27)47(5)53(50,51)22(2)3/h7-8,11-12,19-22,24H,6,9-10,13-18H2,1-5H3,(H2,42,43,44,45). The summed E-state index contributed by atoms with van der Waals surface area (Å²) in [5, 5.41) is 5.39. The van der Waals surface area contributed by atoms with Gasteiger partial charge in [0.25, 0.3) is 0 Å². The Bertz CT molecular complexity index is 2040. The summed E-state index contributed by atoms with van der Waals surface area (Å²) in [7, 11) is -0.214. The molecule has 2 N–H and O–H groups in total. The normalized spacial score (nSPS) is 16.7. The molecule has 2 fully saturated rings. The minimum atomic E-state index is -4.94. The van der Waals surface area contributed by atoms with Crippen LogP contribution in [0.3, 0.4) is 0 Å². The van der Waals surface area contributed by atoms with E-state index in [0.717, 1.165) is 62.0 Å². The largest absolute Gasteiger partial charge is 0.573 e. The molecule has 0 spiro atoms. The average molecular weight is 822 g/mol. The van der Waals surface area contributed by atoms with Crippen molar-refractivity contribution in [1.29, 1.82) is 0 Å². The van der Waals surface area contributed by atoms with Gasteiger partial charge in [-0.05, 0) is 79.9 Å². The third kappa shape index (κ3) is 8.71. The Hall–Kier alpha value is -4.00. The number of anilines is 6. The van der Waals surface area contributed by atoms with Gasteiger partial charge in [0, 0.05) is 82.7 Å². The maximum Gasteiger partial charge on any atom is 0.573 e. The van der Waals surface area contributed by atoms with Crippen LogP contribution in [-0.4, -0.2) is 109 Å². The number of piperidine rings is 1. The van der Waals surface area contributed by atoms with Crippen molar-refractivity contribution in [2.75, 3.05) is 73.2 Å². The van der Waals surface area contributed by atoms with Crippen LogP contribution in [0.15, 0.2) is 47.3 Å². The first kappa shape index (κ1) is 38.7. The van der Waals surface area contributed by atoms with Crippen LogP contribution in [0.25, 0.3) is 11.0 Å². The van der Waals surface area contributed by atoms with Gasteiger partial charge in [-0.1, -0.05) is 6.92 Å². The van der Waals surface area contributed by atoms with E-state index in [1.807, 2.05) is 6.92 Å². The molecule has 2 aromatic heterocycles. The number of nitrogens with zero attached hydrogens (tertiary/aromatic N) is 8. The van der Waals surface area contributed by atoms with Gasteiger partial charge in [0.1, 0.15) is 17.0 Å². The van der Waals surface area contributed by atoms with E-state index in [1.165, 1.54) is 31.7 Å². The zero-order valence-electron chi connectivity index (χ0n) is 30.3. The van der Waals surface area contributed by atoms with Crippen LogP contribution in [-0.2, 0) is 16.4 Å². The highest BCUT2D eigenvalue weighted by Gasteiger charge is 2.34. The van der Waals surface area contributed by atoms with Gasteiger partial charge in [-0.25, -0.2) is 13.4 Å². The lowest BCUT2D eigenvalue weighted by atomic mass is 9.99. The second-order valence-electron chi connectivity index (χ2n) is 13.5. The summed E-state index contributed by atoms with van der Waals surface area (Å²) in [5.74, 6) is -0.199. The van der Waals surface area contributed by atoms with Crippen LogP contribution < -0.4 is 24.6 Å². The van der Waals surface area contributed by atoms with E-state index in [0.29, 0.717) is 39.3 Å². The lowest BCUT2D eigenvalue weighted by Crippen LogP contribution is -2.52. The van der Waals surface area contributed by atoms with E-state index in [2.05, 4.69) is 73.0 Å². The summed E-state index contributed by atoms with van der Waals surface area (Å²) in [4.78, 5) is 24.6. The van der Waals surface area contributed by atoms with E-state index < -0.39 is 27.4 Å². The number of benzene rings is 2. The maximum atomic E-state index is 13.8. The zero-order valence-corrected chi connectivity index (χ0v) is 32.7. The van der Waals surface area contributed by atoms with Gasteiger partial charge in [-0.2, -0.15) is 4.98 Å². The quantitative estimate of drug-likeness (QED) is 0.171. The molecule has 0 atom stereocenters. The third-order valence-corrected chi connectivity index (χ3v) is 12.5. The summed E-state index contributed by atoms with van der Waals surface area (Å²) < 4.78 is 74.3. The van der Waals surface area contributed by atoms with Crippen molar-refractivity contribution in [1.82, 2.24) is 29.7 Å². The zero-order chi connectivity index (χ0) is 38.1. The number of fused-ring (bicyclic) bond motifs is 1. The molecule has 2 aromatic carbocycles. The van der Waals surface area contributed by atoms with Crippen LogP contribution in [0.2, 0.25) is 0 Å². The highest BCUT2D eigenvalue weighted by atomic mass is 79.9. The Morgan fingerprint density at radius 1 is 1.00 bits per heavy atom. The number of aromatic nitrogens is 4. The molecule has 0 bridgehead atoms. The Morgan fingerprint density at radius 2 is 1.70 bits per heavy atom. The molecule has 286 valence electrons. The molecule has 13 nitrogen and oxygen atoms in total. The number of piperazine rings is 1. The molecule has 53 heavy (non-hydrogen) atoms. The molecule has 0 saturated carbocycles. The highest BCUT2D eigenvalue weighted by molar-refractivity contribution is 9.10. The third-order valence-electron chi connectivity index (χ3n) is 9.80. The smallest absolute Gasteiger partial charge is 0.403 e. The minimum absolute atomic E-state index is 0.0178. The van der Waals surface area contributed by atoms with Crippen molar-refractivity contribution >= 4 is 71.5 Å². The van der Waals surface area contributed by atoms with Crippen LogP contribution in [0, 0.1) is 0 Å². The van der Waals surface area contributed by atoms with Crippen molar-refractivity contribution in [3.63, 3.8) is 0 Å². The molecule has 6 rings (SSSR count). The Labute approximate surface area is 316 Å². The SMILES string of the molecule is CCc1cc(Nc2ncc(Br)c(Nc3ccc4nccnc4c3N(C)S(=O)(=O)C(C)C)n2)c(OC(F)(F)F)cc1N1CCC(N2CCN(C)CC2)CC1. The number of halogens is 4. The minimum Gasteiger partial charge on any atom is -0.403 e. The summed E-state index contributed by atoms with van der Waals surface area (Å²) in [5.41, 5.74) is 3.04. The van der Waals surface area contributed by atoms with Crippen LogP contribution in [0.4, 0.5) is 47.7 Å². The van der Waals surface area contributed by atoms with Crippen LogP contribution in [0.1, 0.15) is 39.2 Å². The van der Waals surface area contributed by atoms with E-state index in [1.54, 1.807) is 32.0 Å². The van der Waals surface area contributed by atoms with Gasteiger partial charge >= 0.3 is 6.36 Å². The predicted molar refractivity (Wildman–Crippen MR) is 205 cm³/mol. The number of likely N-dealkylation sites (N-methyl/N-ethyl adjacent to an activating group) is 1. The molecule has 0 unspecified atom stereocenters. The molecule has 0 radical (unpaired) electrons. The maximum absolute atomic E-state index is 13.8. The molecular formula is C35H44BrF3N10O3S. The van der Waals surface area contributed by atoms with Gasteiger partial charge in [0.15, 0.2) is 5.75 Å². The fourth-order valence-corrected chi connectivity index (χ4v) is 8.17. The van der Waals surface area contributed by atoms with Crippen molar-refractivity contribution in [2.24, 2.45) is 0 Å². The average Bonchev–Trinajstić information content (AvgIpc) is 3.13. The molecule has 2 aliphatic rings. The lowest BCUT2D eigenvalue weighted by Gasteiger charge is -2.43. The summed E-state index contributed by atoms with van der Waals surface area (Å²) in [6, 6.07) is 6.93. The molecule has 4 heterocycles. The Kier molecular flexibility index (Phi) is 11.5. The number of aryl methyl sites for hydroxylation is 1. The molecule has 0 aliphatic carbocycles. The monoisotopic (exact) mass is 820 g/mol. The summed E-state index contributed by atoms with van der Waals surface area (Å²) in [6.07, 6.45) is 1.91. The van der Waals surface area contributed by atoms with Gasteiger partial charge in [-0.3, -0.25) is 19.2 Å². The highest BCUT2D eigenvalue weighted by Crippen LogP contribution is 2.41. The molecule has 2 saturated heterocycles. The number of alkyl halides is 3. The number of rotatable bonds is 11. The first-order chi connectivity index (χ1) is 25.1. The fraction of sp³-hybridized carbons (Fsp3) is 0.486. The first-order valence-corrected chi connectivity index (χ1v) is 19.8. The lowest BCUT2D eigenvalue weighted by molar-refractivity contribution is -0.274. The van der Waals surface area contributed by atoms with E-state index in [4.69, 9.17) is 0 Å². The van der Waals surface area contributed by atoms with Crippen molar-refractivity contribution < 1.29 is 26.3 Å². The van der Waals surface area contributed by atoms with Crippen LogP contribution >= 0.6 is 15.9 Å². The Morgan fingerprint density at radius 3 is 2.36 bits per heavy atom. The number of ether oxygens (including phenoxy) is 1. The number of hydrogen-bond acceptors (Lipinski definition) is 12. The van der Waals surface area contributed by atoms with Gasteiger partial charge in [0.2, 0.25) is 16.0 Å². The van der Waals surface area contributed by atoms with Crippen molar-refractivity contribution in [3.05, 3.63) is 52.9 Å². The van der Waals surface area contributed by atoms with Crippen molar-refractivity contribution in [2.45, 2.75) is 57.7 Å². The topological polar surface area (TPSA) is 132 Å². The van der Waals surface area contributed by atoms with Crippen LogP contribution in [0.5, 0.6) is 5.75 Å². The molecular weight excluding hydrogens is 777 g/mol. The van der Waals surface area contributed by atoms with Gasteiger partial charge in [-0.15, -0.1) is 13.2 Å². The van der Waals surface area contributed by atoms with Gasteiger partial charge in [0.05, 0.1) is 26.6 Å². The first-order valence-electron chi connectivity index (χ1n) is 17.5. The van der Waals surface area contributed by atoms with E-state index in [9.17, 15) is 21.6 Å². The molecule has 18 heteroatoms. The van der Waals surface area contributed by atoms with Crippen molar-refractivity contribution in [3.8, 4) is 5.75 Å². The second-order valence-corrected chi connectivity index (χ2v) is 16.9.